The number of aromatic nitrogens is 2. The Balaban J connectivity index is 1.85. The zero-order valence-electron chi connectivity index (χ0n) is 15.0. The number of fused-ring (bicyclic) bond motifs is 1. The van der Waals surface area contributed by atoms with Crippen LogP contribution in [0.5, 0.6) is 0 Å². The summed E-state index contributed by atoms with van der Waals surface area (Å²) in [6.07, 6.45) is -0.802. The third-order valence-corrected chi connectivity index (χ3v) is 4.72. The molecule has 0 aliphatic rings. The van der Waals surface area contributed by atoms with Gasteiger partial charge in [-0.05, 0) is 18.6 Å². The van der Waals surface area contributed by atoms with E-state index in [-0.39, 0.29) is 12.1 Å². The van der Waals surface area contributed by atoms with Gasteiger partial charge in [0.05, 0.1) is 23.7 Å². The molecule has 27 heavy (non-hydrogen) atoms. The maximum atomic E-state index is 12.9. The second-order valence-electron chi connectivity index (χ2n) is 6.67. The first-order chi connectivity index (χ1) is 13.1. The predicted octanol–water partition coefficient (Wildman–Crippen LogP) is 4.11. The van der Waals surface area contributed by atoms with Crippen molar-refractivity contribution in [3.8, 4) is 11.3 Å². The Hall–Kier alpha value is -3.24. The molecule has 0 bridgehead atoms. The van der Waals surface area contributed by atoms with Crippen molar-refractivity contribution in [3.63, 3.8) is 0 Å². The van der Waals surface area contributed by atoms with Gasteiger partial charge in [-0.2, -0.15) is 5.10 Å². The van der Waals surface area contributed by atoms with Gasteiger partial charge in [-0.25, -0.2) is 4.68 Å². The van der Waals surface area contributed by atoms with E-state index in [1.54, 1.807) is 0 Å². The third-order valence-electron chi connectivity index (χ3n) is 4.72. The van der Waals surface area contributed by atoms with E-state index < -0.39 is 6.10 Å². The quantitative estimate of drug-likeness (QED) is 0.599. The van der Waals surface area contributed by atoms with Crippen molar-refractivity contribution >= 4 is 10.8 Å². The van der Waals surface area contributed by atoms with Gasteiger partial charge in [0.1, 0.15) is 0 Å². The second-order valence-corrected chi connectivity index (χ2v) is 6.67. The van der Waals surface area contributed by atoms with Crippen molar-refractivity contribution < 1.29 is 5.11 Å². The Morgan fingerprint density at radius 3 is 2.22 bits per heavy atom. The van der Waals surface area contributed by atoms with Gasteiger partial charge in [-0.3, -0.25) is 4.79 Å². The minimum Gasteiger partial charge on any atom is -0.386 e. The fraction of sp³-hybridized carbons (Fsp3) is 0.130. The summed E-state index contributed by atoms with van der Waals surface area (Å²) in [5.41, 5.74) is 3.41. The highest BCUT2D eigenvalue weighted by Gasteiger charge is 2.15. The molecular weight excluding hydrogens is 336 g/mol. The van der Waals surface area contributed by atoms with Crippen LogP contribution >= 0.6 is 0 Å². The number of benzene rings is 3. The summed E-state index contributed by atoms with van der Waals surface area (Å²) in [5, 5.41) is 16.6. The Labute approximate surface area is 157 Å². The molecule has 4 heteroatoms. The van der Waals surface area contributed by atoms with Crippen LogP contribution in [0.2, 0.25) is 0 Å². The first kappa shape index (κ1) is 17.2. The molecule has 0 fully saturated rings. The van der Waals surface area contributed by atoms with Crippen LogP contribution in [0.3, 0.4) is 0 Å². The average molecular weight is 356 g/mol. The van der Waals surface area contributed by atoms with E-state index in [1.807, 2.05) is 85.8 Å². The van der Waals surface area contributed by atoms with Crippen LogP contribution in [-0.2, 0) is 6.54 Å². The van der Waals surface area contributed by atoms with Crippen molar-refractivity contribution in [1.29, 1.82) is 0 Å². The van der Waals surface area contributed by atoms with Crippen LogP contribution in [0, 0.1) is 6.92 Å². The van der Waals surface area contributed by atoms with E-state index in [2.05, 4.69) is 5.10 Å². The molecule has 0 amide bonds. The number of hydrogen-bond acceptors (Lipinski definition) is 3. The summed E-state index contributed by atoms with van der Waals surface area (Å²) < 4.78 is 1.37. The SMILES string of the molecule is Cc1ccc(-c2nn(C[C@@H](O)c3ccccc3)c(=O)c3ccccc23)cc1. The molecule has 0 saturated heterocycles. The largest absolute Gasteiger partial charge is 0.386 e. The third kappa shape index (κ3) is 3.39. The minimum absolute atomic E-state index is 0.104. The molecule has 0 aliphatic heterocycles. The number of nitrogens with zero attached hydrogens (tertiary/aromatic N) is 2. The lowest BCUT2D eigenvalue weighted by atomic mass is 10.0. The van der Waals surface area contributed by atoms with Gasteiger partial charge in [-0.1, -0.05) is 78.4 Å². The van der Waals surface area contributed by atoms with Gasteiger partial charge in [0, 0.05) is 10.9 Å². The number of hydrogen-bond donors (Lipinski definition) is 1. The molecule has 4 rings (SSSR count). The Bertz CT molecular complexity index is 1130. The zero-order chi connectivity index (χ0) is 18.8. The molecule has 4 nitrogen and oxygen atoms in total. The van der Waals surface area contributed by atoms with Gasteiger partial charge in [-0.15, -0.1) is 0 Å². The van der Waals surface area contributed by atoms with Gasteiger partial charge in [0.15, 0.2) is 0 Å². The molecule has 1 heterocycles. The number of aliphatic hydroxyl groups excluding tert-OH is 1. The summed E-state index contributed by atoms with van der Waals surface area (Å²) >= 11 is 0. The summed E-state index contributed by atoms with van der Waals surface area (Å²) in [6, 6.07) is 24.9. The van der Waals surface area contributed by atoms with Crippen molar-refractivity contribution in [1.82, 2.24) is 9.78 Å². The molecule has 0 aliphatic carbocycles. The smallest absolute Gasteiger partial charge is 0.274 e. The second kappa shape index (κ2) is 7.17. The topological polar surface area (TPSA) is 55.1 Å². The number of aryl methyl sites for hydroxylation is 1. The van der Waals surface area contributed by atoms with Crippen LogP contribution in [0.15, 0.2) is 83.7 Å². The van der Waals surface area contributed by atoms with Crippen molar-refractivity contribution in [2.45, 2.75) is 19.6 Å². The van der Waals surface area contributed by atoms with E-state index in [0.29, 0.717) is 5.39 Å². The fourth-order valence-electron chi connectivity index (χ4n) is 3.23. The Morgan fingerprint density at radius 2 is 1.52 bits per heavy atom. The monoisotopic (exact) mass is 356 g/mol. The molecule has 134 valence electrons. The maximum absolute atomic E-state index is 12.9. The molecule has 0 spiro atoms. The van der Waals surface area contributed by atoms with Crippen LogP contribution in [0.4, 0.5) is 0 Å². The van der Waals surface area contributed by atoms with Crippen LogP contribution < -0.4 is 5.56 Å². The summed E-state index contributed by atoms with van der Waals surface area (Å²) in [7, 11) is 0. The molecule has 1 atom stereocenters. The molecule has 0 saturated carbocycles. The fourth-order valence-corrected chi connectivity index (χ4v) is 3.23. The summed E-state index contributed by atoms with van der Waals surface area (Å²) in [4.78, 5) is 12.9. The van der Waals surface area contributed by atoms with E-state index in [1.165, 1.54) is 4.68 Å². The molecule has 4 aromatic rings. The first-order valence-electron chi connectivity index (χ1n) is 8.93. The molecular formula is C23H20N2O2. The highest BCUT2D eigenvalue weighted by Crippen LogP contribution is 2.25. The van der Waals surface area contributed by atoms with Gasteiger partial charge < -0.3 is 5.11 Å². The van der Waals surface area contributed by atoms with Gasteiger partial charge in [0.2, 0.25) is 0 Å². The molecule has 0 unspecified atom stereocenters. The van der Waals surface area contributed by atoms with Crippen molar-refractivity contribution in [2.75, 3.05) is 0 Å². The number of rotatable bonds is 4. The van der Waals surface area contributed by atoms with Crippen molar-refractivity contribution in [2.24, 2.45) is 0 Å². The molecule has 1 aromatic heterocycles. The van der Waals surface area contributed by atoms with E-state index in [0.717, 1.165) is 27.8 Å². The predicted molar refractivity (Wildman–Crippen MR) is 108 cm³/mol. The lowest BCUT2D eigenvalue weighted by molar-refractivity contribution is 0.150. The molecule has 1 N–H and O–H groups in total. The van der Waals surface area contributed by atoms with Crippen molar-refractivity contribution in [3.05, 3.63) is 100 Å². The molecule has 3 aromatic carbocycles. The zero-order valence-corrected chi connectivity index (χ0v) is 15.0. The van der Waals surface area contributed by atoms with Crippen LogP contribution in [-0.4, -0.2) is 14.9 Å². The van der Waals surface area contributed by atoms with E-state index >= 15 is 0 Å². The van der Waals surface area contributed by atoms with E-state index in [4.69, 9.17) is 0 Å². The van der Waals surface area contributed by atoms with Crippen LogP contribution in [0.1, 0.15) is 17.2 Å². The Morgan fingerprint density at radius 1 is 0.889 bits per heavy atom. The lowest BCUT2D eigenvalue weighted by Crippen LogP contribution is -2.26. The van der Waals surface area contributed by atoms with Crippen LogP contribution in [0.25, 0.3) is 22.0 Å². The normalized spacial score (nSPS) is 12.2. The van der Waals surface area contributed by atoms with Gasteiger partial charge in [0.25, 0.3) is 5.56 Å². The molecule has 0 radical (unpaired) electrons. The highest BCUT2D eigenvalue weighted by atomic mass is 16.3. The Kier molecular flexibility index (Phi) is 4.57. The summed E-state index contributed by atoms with van der Waals surface area (Å²) in [5.74, 6) is 0. The van der Waals surface area contributed by atoms with E-state index in [9.17, 15) is 9.90 Å². The average Bonchev–Trinajstić information content (AvgIpc) is 2.71. The lowest BCUT2D eigenvalue weighted by Gasteiger charge is -2.15. The van der Waals surface area contributed by atoms with Gasteiger partial charge >= 0.3 is 0 Å². The standard InChI is InChI=1S/C23H20N2O2/c1-16-11-13-18(14-12-16)22-19-9-5-6-10-20(19)23(27)25(24-22)15-21(26)17-7-3-2-4-8-17/h2-14,21,26H,15H2,1H3/t21-/m1/s1. The minimum atomic E-state index is -0.802. The maximum Gasteiger partial charge on any atom is 0.274 e. The summed E-state index contributed by atoms with van der Waals surface area (Å²) in [6.45, 7) is 2.14. The number of aliphatic hydroxyl groups is 1. The highest BCUT2D eigenvalue weighted by molar-refractivity contribution is 5.93. The first-order valence-corrected chi connectivity index (χ1v) is 8.93.